The Kier molecular flexibility index (Phi) is 38.1. The van der Waals surface area contributed by atoms with E-state index in [9.17, 15) is 19.0 Å². The highest BCUT2D eigenvalue weighted by Gasteiger charge is 2.27. The van der Waals surface area contributed by atoms with Crippen LogP contribution in [0.4, 0.5) is 0 Å². The molecule has 0 aromatic carbocycles. The summed E-state index contributed by atoms with van der Waals surface area (Å²) in [6.07, 6.45) is 49.4. The van der Waals surface area contributed by atoms with Gasteiger partial charge in [0.2, 0.25) is 0 Å². The van der Waals surface area contributed by atoms with Gasteiger partial charge in [-0.25, -0.2) is 4.57 Å². The average Bonchev–Trinajstić information content (AvgIpc) is 3.17. The number of rotatable bonds is 40. The van der Waals surface area contributed by atoms with E-state index in [0.29, 0.717) is 17.4 Å². The van der Waals surface area contributed by atoms with Crippen LogP contribution in [0.1, 0.15) is 168 Å². The third kappa shape index (κ3) is 43.0. The molecule has 0 spiro atoms. The van der Waals surface area contributed by atoms with Crippen LogP contribution >= 0.6 is 7.82 Å². The number of ether oxygens (including phenoxy) is 2. The molecule has 0 aromatic rings. The van der Waals surface area contributed by atoms with E-state index in [-0.39, 0.29) is 32.0 Å². The van der Waals surface area contributed by atoms with E-state index in [0.717, 1.165) is 57.8 Å². The van der Waals surface area contributed by atoms with Gasteiger partial charge in [-0.05, 0) is 32.1 Å². The van der Waals surface area contributed by atoms with E-state index in [1.807, 2.05) is 75.8 Å². The fourth-order valence-corrected chi connectivity index (χ4v) is 6.61. The fraction of sp³-hybridized carbons (Fsp3) is 0.708. The molecule has 0 saturated carbocycles. The Morgan fingerprint density at radius 1 is 0.552 bits per heavy atom. The lowest BCUT2D eigenvalue weighted by Crippen LogP contribution is -2.37. The molecular formula is C48H85NO8P+. The van der Waals surface area contributed by atoms with Gasteiger partial charge in [-0.1, -0.05) is 196 Å². The van der Waals surface area contributed by atoms with Gasteiger partial charge in [-0.15, -0.1) is 0 Å². The van der Waals surface area contributed by atoms with Crippen molar-refractivity contribution in [3.05, 3.63) is 72.9 Å². The Morgan fingerprint density at radius 3 is 1.47 bits per heavy atom. The molecule has 0 amide bonds. The molecule has 1 unspecified atom stereocenters. The van der Waals surface area contributed by atoms with Crippen LogP contribution in [0.3, 0.4) is 0 Å². The van der Waals surface area contributed by atoms with E-state index in [4.69, 9.17) is 18.5 Å². The topological polar surface area (TPSA) is 108 Å². The van der Waals surface area contributed by atoms with Crippen LogP contribution in [0.25, 0.3) is 0 Å². The van der Waals surface area contributed by atoms with Crippen molar-refractivity contribution in [3.8, 4) is 0 Å². The molecule has 0 saturated heterocycles. The Bertz CT molecular complexity index is 1220. The Labute approximate surface area is 355 Å². The predicted octanol–water partition coefficient (Wildman–Crippen LogP) is 13.0. The smallest absolute Gasteiger partial charge is 0.462 e. The van der Waals surface area contributed by atoms with Gasteiger partial charge < -0.3 is 18.9 Å². The van der Waals surface area contributed by atoms with Crippen LogP contribution in [-0.2, 0) is 32.7 Å². The van der Waals surface area contributed by atoms with Crippen LogP contribution in [0.5, 0.6) is 0 Å². The maximum Gasteiger partial charge on any atom is 0.472 e. The zero-order chi connectivity index (χ0) is 42.8. The Balaban J connectivity index is 4.42. The predicted molar refractivity (Wildman–Crippen MR) is 242 cm³/mol. The van der Waals surface area contributed by atoms with Gasteiger partial charge in [0.25, 0.3) is 0 Å². The van der Waals surface area contributed by atoms with Crippen molar-refractivity contribution in [1.82, 2.24) is 0 Å². The van der Waals surface area contributed by atoms with Gasteiger partial charge >= 0.3 is 19.8 Å². The Hall–Kier alpha value is -2.55. The third-order valence-corrected chi connectivity index (χ3v) is 10.4. The molecular weight excluding hydrogens is 750 g/mol. The fourth-order valence-electron chi connectivity index (χ4n) is 5.87. The molecule has 0 fully saturated rings. The number of quaternary nitrogens is 1. The first-order chi connectivity index (χ1) is 28.0. The highest BCUT2D eigenvalue weighted by Crippen LogP contribution is 2.43. The summed E-state index contributed by atoms with van der Waals surface area (Å²) >= 11 is 0. The molecule has 0 aliphatic heterocycles. The Morgan fingerprint density at radius 2 is 0.983 bits per heavy atom. The van der Waals surface area contributed by atoms with Crippen LogP contribution in [0, 0.1) is 0 Å². The molecule has 10 heteroatoms. The lowest BCUT2D eigenvalue weighted by Gasteiger charge is -2.24. The minimum Gasteiger partial charge on any atom is -0.462 e. The molecule has 0 aliphatic rings. The van der Waals surface area contributed by atoms with E-state index in [1.54, 1.807) is 0 Å². The number of carbonyl (C=O) groups is 2. The number of allylic oxidation sites excluding steroid dienone is 12. The molecule has 0 heterocycles. The van der Waals surface area contributed by atoms with Crippen molar-refractivity contribution in [2.24, 2.45) is 0 Å². The van der Waals surface area contributed by atoms with E-state index in [1.165, 1.54) is 77.0 Å². The van der Waals surface area contributed by atoms with Gasteiger partial charge in [0, 0.05) is 12.8 Å². The molecule has 334 valence electrons. The van der Waals surface area contributed by atoms with Gasteiger partial charge in [-0.3, -0.25) is 18.6 Å². The molecule has 0 aromatic heterocycles. The van der Waals surface area contributed by atoms with E-state index in [2.05, 4.69) is 32.1 Å². The van der Waals surface area contributed by atoms with Crippen LogP contribution in [-0.4, -0.2) is 74.9 Å². The summed E-state index contributed by atoms with van der Waals surface area (Å²) in [7, 11) is 1.45. The van der Waals surface area contributed by atoms with Crippen molar-refractivity contribution in [1.29, 1.82) is 0 Å². The molecule has 2 atom stereocenters. The molecule has 0 radical (unpaired) electrons. The minimum absolute atomic E-state index is 0.0230. The monoisotopic (exact) mass is 835 g/mol. The first-order valence-electron chi connectivity index (χ1n) is 22.7. The van der Waals surface area contributed by atoms with Crippen molar-refractivity contribution >= 4 is 19.8 Å². The van der Waals surface area contributed by atoms with Crippen molar-refractivity contribution in [3.63, 3.8) is 0 Å². The van der Waals surface area contributed by atoms with E-state index < -0.39 is 26.5 Å². The minimum atomic E-state index is -4.39. The van der Waals surface area contributed by atoms with Crippen molar-refractivity contribution < 1.29 is 42.1 Å². The van der Waals surface area contributed by atoms with Gasteiger partial charge in [0.1, 0.15) is 19.8 Å². The largest absolute Gasteiger partial charge is 0.472 e. The number of hydrogen-bond donors (Lipinski definition) is 1. The molecule has 0 rings (SSSR count). The van der Waals surface area contributed by atoms with E-state index >= 15 is 0 Å². The lowest BCUT2D eigenvalue weighted by molar-refractivity contribution is -0.870. The number of esters is 2. The number of phosphoric acid groups is 1. The average molecular weight is 835 g/mol. The number of phosphoric ester groups is 1. The molecule has 0 bridgehead atoms. The summed E-state index contributed by atoms with van der Waals surface area (Å²) in [5.41, 5.74) is 0. The quantitative estimate of drug-likeness (QED) is 0.0214. The zero-order valence-electron chi connectivity index (χ0n) is 37.5. The third-order valence-electron chi connectivity index (χ3n) is 9.41. The number of unbranched alkanes of at least 4 members (excludes halogenated alkanes) is 19. The second-order valence-electron chi connectivity index (χ2n) is 16.2. The second-order valence-corrected chi connectivity index (χ2v) is 17.7. The van der Waals surface area contributed by atoms with Crippen molar-refractivity contribution in [2.75, 3.05) is 47.5 Å². The normalized spacial score (nSPS) is 14.2. The molecule has 1 N–H and O–H groups in total. The first-order valence-corrected chi connectivity index (χ1v) is 24.2. The molecule has 0 aliphatic carbocycles. The second kappa shape index (κ2) is 39.9. The van der Waals surface area contributed by atoms with Gasteiger partial charge in [0.15, 0.2) is 6.10 Å². The zero-order valence-corrected chi connectivity index (χ0v) is 38.4. The van der Waals surface area contributed by atoms with Crippen LogP contribution in [0.15, 0.2) is 72.9 Å². The summed E-state index contributed by atoms with van der Waals surface area (Å²) in [4.78, 5) is 35.4. The number of hydrogen-bond acceptors (Lipinski definition) is 7. The lowest BCUT2D eigenvalue weighted by atomic mass is 10.0. The summed E-state index contributed by atoms with van der Waals surface area (Å²) in [6.45, 7) is 4.24. The van der Waals surface area contributed by atoms with Crippen LogP contribution < -0.4 is 0 Å². The highest BCUT2D eigenvalue weighted by atomic mass is 31.2. The number of carbonyl (C=O) groups excluding carboxylic acids is 2. The standard InChI is InChI=1S/C48H84NO8P/c1-6-8-10-12-14-16-18-20-22-23-24-25-27-29-31-33-35-37-39-41-48(51)57-46(45-56-58(52,53)55-43-42-49(3,4)5)44-54-47(50)40-38-36-34-32-30-28-26-21-19-17-15-13-11-9-7-2/h8,10,12,14,16,18,20,22-25,27,46H,6-7,9,11,13,15,17,19,21,26,28-45H2,1-5H3/p+1/b10-8+,14-12-,18-16-,22-20-,24-23-,27-25-/t46-/m1/s1. The maximum absolute atomic E-state index is 12.7. The van der Waals surface area contributed by atoms with Gasteiger partial charge in [0.05, 0.1) is 27.7 Å². The van der Waals surface area contributed by atoms with Crippen LogP contribution in [0.2, 0.25) is 0 Å². The van der Waals surface area contributed by atoms with Crippen molar-refractivity contribution in [2.45, 2.75) is 174 Å². The summed E-state index contributed by atoms with van der Waals surface area (Å²) in [5, 5.41) is 0. The van der Waals surface area contributed by atoms with Gasteiger partial charge in [-0.2, -0.15) is 0 Å². The SMILES string of the molecule is CC/C=C/C=C\C=C/C=C\C=C/C=C\CCCCCCCC(=O)O[C@H](COC(=O)CCCCCCCCCCCCCCCCC)COP(=O)(O)OCC[N+](C)(C)C. The first kappa shape index (κ1) is 55.5. The highest BCUT2D eigenvalue weighted by molar-refractivity contribution is 7.47. The maximum atomic E-state index is 12.7. The number of nitrogens with zero attached hydrogens (tertiary/aromatic N) is 1. The summed E-state index contributed by atoms with van der Waals surface area (Å²) in [6, 6.07) is 0. The number of likely N-dealkylation sites (N-methyl/N-ethyl adjacent to an activating group) is 1. The molecule has 58 heavy (non-hydrogen) atoms. The summed E-state index contributed by atoms with van der Waals surface area (Å²) in [5.74, 6) is -0.831. The molecule has 9 nitrogen and oxygen atoms in total. The summed E-state index contributed by atoms with van der Waals surface area (Å²) < 4.78 is 34.3.